The highest BCUT2D eigenvalue weighted by molar-refractivity contribution is 5.79. The highest BCUT2D eigenvalue weighted by atomic mass is 16.2. The van der Waals surface area contributed by atoms with Gasteiger partial charge in [0, 0.05) is 56.6 Å². The maximum atomic E-state index is 13.0. The molecule has 2 bridgehead atoms. The molecule has 6 heteroatoms. The Kier molecular flexibility index (Phi) is 6.15. The number of piperidine rings is 3. The standard InChI is InChI=1S/C25H36N4O2/c30-24(13-18-5-2-1-3-6-18)27-15-23-20-14-19(22-7-4-8-25(31)29(22)23)16-28(17-20)21-9-11-26-12-10-21/h9-12,18-20,22-23H,1-8,13-17H2,(H,27,30)/t19-,20+,22+,23+/m1/s1. The van der Waals surface area contributed by atoms with E-state index in [1.165, 1.54) is 44.2 Å². The van der Waals surface area contributed by atoms with Gasteiger partial charge in [-0.05, 0) is 62.0 Å². The lowest BCUT2D eigenvalue weighted by Gasteiger charge is -2.57. The van der Waals surface area contributed by atoms with E-state index in [0.717, 1.165) is 25.9 Å². The largest absolute Gasteiger partial charge is 0.371 e. The first-order valence-corrected chi connectivity index (χ1v) is 12.4. The minimum Gasteiger partial charge on any atom is -0.371 e. The first-order valence-electron chi connectivity index (χ1n) is 12.4. The Morgan fingerprint density at radius 3 is 2.61 bits per heavy atom. The van der Waals surface area contributed by atoms with Crippen LogP contribution < -0.4 is 10.2 Å². The van der Waals surface area contributed by atoms with Crippen molar-refractivity contribution in [2.75, 3.05) is 24.5 Å². The zero-order valence-corrected chi connectivity index (χ0v) is 18.5. The third kappa shape index (κ3) is 4.44. The summed E-state index contributed by atoms with van der Waals surface area (Å²) in [6, 6.07) is 4.62. The number of amides is 2. The van der Waals surface area contributed by atoms with Gasteiger partial charge < -0.3 is 15.1 Å². The molecule has 1 aliphatic carbocycles. The number of hydrogen-bond donors (Lipinski definition) is 1. The Bertz CT molecular complexity index is 779. The molecule has 4 aliphatic rings. The molecule has 1 aromatic rings. The Hall–Kier alpha value is -2.11. The maximum absolute atomic E-state index is 13.0. The van der Waals surface area contributed by atoms with Crippen molar-refractivity contribution in [1.29, 1.82) is 0 Å². The number of nitrogens with zero attached hydrogens (tertiary/aromatic N) is 3. The molecule has 2 amide bonds. The fourth-order valence-electron chi connectivity index (χ4n) is 6.75. The zero-order chi connectivity index (χ0) is 21.2. The van der Waals surface area contributed by atoms with Crippen molar-refractivity contribution in [2.45, 2.75) is 76.3 Å². The molecule has 3 aliphatic heterocycles. The number of rotatable bonds is 5. The molecule has 5 rings (SSSR count). The van der Waals surface area contributed by atoms with Crippen LogP contribution in [0, 0.1) is 17.8 Å². The van der Waals surface area contributed by atoms with Gasteiger partial charge in [0.2, 0.25) is 11.8 Å². The molecule has 0 spiro atoms. The molecular formula is C25H36N4O2. The lowest BCUT2D eigenvalue weighted by Crippen LogP contribution is -2.67. The van der Waals surface area contributed by atoms with Crippen molar-refractivity contribution in [3.8, 4) is 0 Å². The topological polar surface area (TPSA) is 65.5 Å². The van der Waals surface area contributed by atoms with Crippen LogP contribution in [0.1, 0.15) is 64.2 Å². The van der Waals surface area contributed by atoms with E-state index in [1.54, 1.807) is 0 Å². The Balaban J connectivity index is 1.29. The van der Waals surface area contributed by atoms with Crippen molar-refractivity contribution in [3.05, 3.63) is 24.5 Å². The highest BCUT2D eigenvalue weighted by Crippen LogP contribution is 2.42. The van der Waals surface area contributed by atoms with E-state index in [0.29, 0.717) is 49.1 Å². The number of aromatic nitrogens is 1. The van der Waals surface area contributed by atoms with Gasteiger partial charge in [0.25, 0.3) is 0 Å². The number of pyridine rings is 1. The van der Waals surface area contributed by atoms with Crippen LogP contribution in [0.2, 0.25) is 0 Å². The summed E-state index contributed by atoms with van der Waals surface area (Å²) in [7, 11) is 0. The summed E-state index contributed by atoms with van der Waals surface area (Å²) in [5, 5.41) is 3.25. The maximum Gasteiger partial charge on any atom is 0.223 e. The van der Waals surface area contributed by atoms with E-state index in [1.807, 2.05) is 12.4 Å². The summed E-state index contributed by atoms with van der Waals surface area (Å²) in [5.41, 5.74) is 1.22. The second kappa shape index (κ2) is 9.17. The van der Waals surface area contributed by atoms with E-state index >= 15 is 0 Å². The SMILES string of the molecule is O=C(CC1CCCCC1)NC[C@H]1[C@H]2C[C@H](CN(c3ccncc3)C2)[C@@H]2CCCC(=O)N21. The predicted molar refractivity (Wildman–Crippen MR) is 121 cm³/mol. The van der Waals surface area contributed by atoms with Crippen molar-refractivity contribution in [2.24, 2.45) is 17.8 Å². The van der Waals surface area contributed by atoms with Crippen LogP contribution in [0.4, 0.5) is 5.69 Å². The molecule has 4 atom stereocenters. The number of nitrogens with one attached hydrogen (secondary N) is 1. The van der Waals surface area contributed by atoms with Gasteiger partial charge in [0.15, 0.2) is 0 Å². The van der Waals surface area contributed by atoms with Gasteiger partial charge in [-0.1, -0.05) is 19.3 Å². The molecule has 0 unspecified atom stereocenters. The van der Waals surface area contributed by atoms with E-state index in [2.05, 4.69) is 32.2 Å². The first kappa shape index (κ1) is 20.8. The molecule has 1 aromatic heterocycles. The molecule has 4 heterocycles. The molecule has 1 saturated carbocycles. The first-order chi connectivity index (χ1) is 15.2. The minimum absolute atomic E-state index is 0.119. The van der Waals surface area contributed by atoms with Crippen LogP contribution in [-0.2, 0) is 9.59 Å². The van der Waals surface area contributed by atoms with Crippen molar-refractivity contribution >= 4 is 17.5 Å². The van der Waals surface area contributed by atoms with Crippen LogP contribution in [-0.4, -0.2) is 53.4 Å². The van der Waals surface area contributed by atoms with Gasteiger partial charge in [-0.25, -0.2) is 0 Å². The molecule has 31 heavy (non-hydrogen) atoms. The Labute approximate surface area is 185 Å². The predicted octanol–water partition coefficient (Wildman–Crippen LogP) is 3.37. The van der Waals surface area contributed by atoms with Gasteiger partial charge in [-0.15, -0.1) is 0 Å². The average Bonchev–Trinajstić information content (AvgIpc) is 2.80. The fraction of sp³-hybridized carbons (Fsp3) is 0.720. The van der Waals surface area contributed by atoms with Gasteiger partial charge in [0.05, 0.1) is 6.04 Å². The highest BCUT2D eigenvalue weighted by Gasteiger charge is 2.49. The second-order valence-electron chi connectivity index (χ2n) is 10.2. The molecule has 6 nitrogen and oxygen atoms in total. The summed E-state index contributed by atoms with van der Waals surface area (Å²) < 4.78 is 0. The third-order valence-electron chi connectivity index (χ3n) is 8.23. The molecule has 0 radical (unpaired) electrons. The fourth-order valence-corrected chi connectivity index (χ4v) is 6.75. The van der Waals surface area contributed by atoms with Crippen LogP contribution >= 0.6 is 0 Å². The van der Waals surface area contributed by atoms with Crippen LogP contribution in [0.3, 0.4) is 0 Å². The van der Waals surface area contributed by atoms with Gasteiger partial charge >= 0.3 is 0 Å². The van der Waals surface area contributed by atoms with E-state index < -0.39 is 0 Å². The third-order valence-corrected chi connectivity index (χ3v) is 8.23. The molecule has 1 N–H and O–H groups in total. The lowest BCUT2D eigenvalue weighted by atomic mass is 9.72. The number of hydrogen-bond acceptors (Lipinski definition) is 4. The van der Waals surface area contributed by atoms with Gasteiger partial charge in [-0.3, -0.25) is 14.6 Å². The molecule has 4 fully saturated rings. The van der Waals surface area contributed by atoms with Crippen LogP contribution in [0.25, 0.3) is 0 Å². The van der Waals surface area contributed by atoms with Crippen LogP contribution in [0.5, 0.6) is 0 Å². The van der Waals surface area contributed by atoms with Crippen molar-refractivity contribution in [3.63, 3.8) is 0 Å². The average molecular weight is 425 g/mol. The second-order valence-corrected chi connectivity index (χ2v) is 10.2. The molecular weight excluding hydrogens is 388 g/mol. The van der Waals surface area contributed by atoms with Crippen molar-refractivity contribution < 1.29 is 9.59 Å². The van der Waals surface area contributed by atoms with Gasteiger partial charge in [-0.2, -0.15) is 0 Å². The minimum atomic E-state index is 0.119. The van der Waals surface area contributed by atoms with Crippen molar-refractivity contribution in [1.82, 2.24) is 15.2 Å². The number of anilines is 1. The monoisotopic (exact) mass is 424 g/mol. The Morgan fingerprint density at radius 1 is 1.03 bits per heavy atom. The Morgan fingerprint density at radius 2 is 1.81 bits per heavy atom. The summed E-state index contributed by atoms with van der Waals surface area (Å²) >= 11 is 0. The lowest BCUT2D eigenvalue weighted by molar-refractivity contribution is -0.149. The van der Waals surface area contributed by atoms with E-state index in [4.69, 9.17) is 0 Å². The molecule has 168 valence electrons. The number of carbonyl (C=O) groups excluding carboxylic acids is 2. The summed E-state index contributed by atoms with van der Waals surface area (Å²) in [6.45, 7) is 2.56. The summed E-state index contributed by atoms with van der Waals surface area (Å²) in [6.07, 6.45) is 14.5. The summed E-state index contributed by atoms with van der Waals surface area (Å²) in [4.78, 5) is 34.6. The molecule has 0 aromatic carbocycles. The van der Waals surface area contributed by atoms with E-state index in [9.17, 15) is 9.59 Å². The quantitative estimate of drug-likeness (QED) is 0.787. The zero-order valence-electron chi connectivity index (χ0n) is 18.5. The van der Waals surface area contributed by atoms with Gasteiger partial charge in [0.1, 0.15) is 0 Å². The molecule has 3 saturated heterocycles. The number of carbonyl (C=O) groups is 2. The van der Waals surface area contributed by atoms with Crippen LogP contribution in [0.15, 0.2) is 24.5 Å². The van der Waals surface area contributed by atoms with E-state index in [-0.39, 0.29) is 11.9 Å². The summed E-state index contributed by atoms with van der Waals surface area (Å²) in [5.74, 6) is 1.95. The normalized spacial score (nSPS) is 31.3. The number of fused-ring (bicyclic) bond motifs is 4. The smallest absolute Gasteiger partial charge is 0.223 e.